The molecular formula is C21H27N5O6. The quantitative estimate of drug-likeness (QED) is 0.294. The predicted molar refractivity (Wildman–Crippen MR) is 116 cm³/mol. The van der Waals surface area contributed by atoms with E-state index in [4.69, 9.17) is 9.47 Å². The number of carbonyl (C=O) groups excluding carboxylic acids is 2. The summed E-state index contributed by atoms with van der Waals surface area (Å²) >= 11 is 0. The molecule has 2 N–H and O–H groups in total. The Kier molecular flexibility index (Phi) is 8.01. The molecule has 1 aromatic rings. The highest BCUT2D eigenvalue weighted by Crippen LogP contribution is 2.29. The second-order valence-electron chi connectivity index (χ2n) is 8.17. The van der Waals surface area contributed by atoms with Crippen LogP contribution in [0.2, 0.25) is 0 Å². The smallest absolute Gasteiger partial charge is 0.410 e. The molecule has 0 saturated carbocycles. The first-order valence-electron chi connectivity index (χ1n) is 10.0. The van der Waals surface area contributed by atoms with E-state index in [1.807, 2.05) is 26.8 Å². The highest BCUT2D eigenvalue weighted by molar-refractivity contribution is 6.07. The fraction of sp³-hybridized carbons (Fsp3) is 0.476. The van der Waals surface area contributed by atoms with Crippen LogP contribution in [0.4, 0.5) is 16.2 Å². The van der Waals surface area contributed by atoms with E-state index in [1.54, 1.807) is 4.90 Å². The van der Waals surface area contributed by atoms with Crippen LogP contribution in [0.25, 0.3) is 0 Å². The zero-order chi connectivity index (χ0) is 23.9. The van der Waals surface area contributed by atoms with Crippen molar-refractivity contribution >= 4 is 23.4 Å². The standard InChI is InChI=1S/C21H27N5O6/c1-21(2,3)32-20(28)25-9-7-15(8-10-25)23-13-14(12-22)19(27)24-17-6-5-16(26(29)30)11-18(17)31-4/h5-6,11,13,15,23H,7-10H2,1-4H3,(H,24,27)/b14-13-. The van der Waals surface area contributed by atoms with Crippen LogP contribution in [0.5, 0.6) is 5.75 Å². The number of hydrogen-bond acceptors (Lipinski definition) is 8. The first kappa shape index (κ1) is 24.5. The fourth-order valence-electron chi connectivity index (χ4n) is 2.99. The number of rotatable bonds is 6. The number of nitro groups is 1. The van der Waals surface area contributed by atoms with Crippen molar-refractivity contribution in [3.8, 4) is 11.8 Å². The van der Waals surface area contributed by atoms with E-state index >= 15 is 0 Å². The van der Waals surface area contributed by atoms with E-state index in [-0.39, 0.29) is 34.8 Å². The van der Waals surface area contributed by atoms with E-state index < -0.39 is 16.4 Å². The van der Waals surface area contributed by atoms with Gasteiger partial charge in [-0.3, -0.25) is 14.9 Å². The minimum absolute atomic E-state index is 0.0150. The molecule has 2 amide bonds. The van der Waals surface area contributed by atoms with Crippen LogP contribution in [0, 0.1) is 21.4 Å². The number of benzene rings is 1. The highest BCUT2D eigenvalue weighted by atomic mass is 16.6. The van der Waals surface area contributed by atoms with Gasteiger partial charge in [0.15, 0.2) is 0 Å². The fourth-order valence-corrected chi connectivity index (χ4v) is 2.99. The number of nitrogens with one attached hydrogen (secondary N) is 2. The zero-order valence-electron chi connectivity index (χ0n) is 18.5. The summed E-state index contributed by atoms with van der Waals surface area (Å²) < 4.78 is 10.5. The molecule has 0 unspecified atom stereocenters. The third-order valence-corrected chi connectivity index (χ3v) is 4.62. The van der Waals surface area contributed by atoms with Crippen LogP contribution in [0.15, 0.2) is 30.0 Å². The van der Waals surface area contributed by atoms with Crippen molar-refractivity contribution in [2.24, 2.45) is 0 Å². The Hall–Kier alpha value is -3.81. The van der Waals surface area contributed by atoms with Crippen LogP contribution < -0.4 is 15.4 Å². The molecule has 0 aliphatic carbocycles. The van der Waals surface area contributed by atoms with E-state index in [0.717, 1.165) is 0 Å². The number of ether oxygens (including phenoxy) is 2. The average Bonchev–Trinajstić information content (AvgIpc) is 2.73. The molecule has 0 bridgehead atoms. The Morgan fingerprint density at radius 2 is 1.97 bits per heavy atom. The molecule has 0 atom stereocenters. The van der Waals surface area contributed by atoms with E-state index in [9.17, 15) is 25.0 Å². The number of nitro benzene ring substituents is 1. The molecule has 1 heterocycles. The van der Waals surface area contributed by atoms with Gasteiger partial charge < -0.3 is 25.0 Å². The summed E-state index contributed by atoms with van der Waals surface area (Å²) in [5.74, 6) is -0.578. The molecule has 11 nitrogen and oxygen atoms in total. The summed E-state index contributed by atoms with van der Waals surface area (Å²) in [5.41, 5.74) is -0.707. The second-order valence-corrected chi connectivity index (χ2v) is 8.17. The number of hydrogen-bond donors (Lipinski definition) is 2. The van der Waals surface area contributed by atoms with E-state index in [0.29, 0.717) is 25.9 Å². The second kappa shape index (κ2) is 10.5. The molecule has 0 radical (unpaired) electrons. The van der Waals surface area contributed by atoms with Crippen LogP contribution in [-0.4, -0.2) is 53.7 Å². The lowest BCUT2D eigenvalue weighted by Crippen LogP contribution is -2.45. The number of methoxy groups -OCH3 is 1. The van der Waals surface area contributed by atoms with Crippen molar-refractivity contribution in [3.63, 3.8) is 0 Å². The molecule has 1 aliphatic rings. The Morgan fingerprint density at radius 3 is 2.50 bits per heavy atom. The number of carbonyl (C=O) groups is 2. The molecule has 1 fully saturated rings. The monoisotopic (exact) mass is 445 g/mol. The first-order chi connectivity index (χ1) is 15.0. The van der Waals surface area contributed by atoms with Crippen LogP contribution in [0.1, 0.15) is 33.6 Å². The summed E-state index contributed by atoms with van der Waals surface area (Å²) in [6.07, 6.45) is 2.24. The summed E-state index contributed by atoms with van der Waals surface area (Å²) in [6, 6.07) is 5.57. The van der Waals surface area contributed by atoms with Crippen molar-refractivity contribution in [2.75, 3.05) is 25.5 Å². The van der Waals surface area contributed by atoms with Crippen molar-refractivity contribution in [3.05, 3.63) is 40.1 Å². The van der Waals surface area contributed by atoms with Crippen molar-refractivity contribution < 1.29 is 24.0 Å². The van der Waals surface area contributed by atoms with Gasteiger partial charge in [-0.25, -0.2) is 4.79 Å². The number of likely N-dealkylation sites (tertiary alicyclic amines) is 1. The van der Waals surface area contributed by atoms with Crippen LogP contribution in [-0.2, 0) is 9.53 Å². The van der Waals surface area contributed by atoms with Gasteiger partial charge in [0.2, 0.25) is 0 Å². The number of piperidine rings is 1. The Bertz CT molecular complexity index is 939. The van der Waals surface area contributed by atoms with E-state index in [1.165, 1.54) is 31.5 Å². The Balaban J connectivity index is 1.95. The Labute approximate surface area is 186 Å². The first-order valence-corrected chi connectivity index (χ1v) is 10.0. The predicted octanol–water partition coefficient (Wildman–Crippen LogP) is 2.94. The normalized spacial score (nSPS) is 14.8. The van der Waals surface area contributed by atoms with Gasteiger partial charge in [0.1, 0.15) is 23.0 Å². The third-order valence-electron chi connectivity index (χ3n) is 4.62. The minimum Gasteiger partial charge on any atom is -0.494 e. The maximum absolute atomic E-state index is 12.5. The van der Waals surface area contributed by atoms with Gasteiger partial charge in [-0.05, 0) is 39.7 Å². The Morgan fingerprint density at radius 1 is 1.31 bits per heavy atom. The average molecular weight is 445 g/mol. The lowest BCUT2D eigenvalue weighted by Gasteiger charge is -2.33. The summed E-state index contributed by atoms with van der Waals surface area (Å²) in [7, 11) is 1.32. The molecular weight excluding hydrogens is 418 g/mol. The molecule has 32 heavy (non-hydrogen) atoms. The molecule has 11 heteroatoms. The number of nitrogens with zero attached hydrogens (tertiary/aromatic N) is 3. The minimum atomic E-state index is -0.682. The van der Waals surface area contributed by atoms with Gasteiger partial charge in [-0.15, -0.1) is 0 Å². The topological polar surface area (TPSA) is 147 Å². The number of nitriles is 1. The van der Waals surface area contributed by atoms with Gasteiger partial charge in [0.05, 0.1) is 23.8 Å². The molecule has 2 rings (SSSR count). The number of non-ortho nitro benzene ring substituents is 1. The van der Waals surface area contributed by atoms with Gasteiger partial charge >= 0.3 is 6.09 Å². The lowest BCUT2D eigenvalue weighted by molar-refractivity contribution is -0.384. The molecule has 1 aromatic carbocycles. The van der Waals surface area contributed by atoms with Gasteiger partial charge in [0.25, 0.3) is 11.6 Å². The van der Waals surface area contributed by atoms with Gasteiger partial charge in [-0.2, -0.15) is 5.26 Å². The maximum Gasteiger partial charge on any atom is 0.410 e. The van der Waals surface area contributed by atoms with Gasteiger partial charge in [-0.1, -0.05) is 0 Å². The maximum atomic E-state index is 12.5. The van der Waals surface area contributed by atoms with Crippen LogP contribution >= 0.6 is 0 Å². The number of anilines is 1. The molecule has 1 aliphatic heterocycles. The molecule has 172 valence electrons. The summed E-state index contributed by atoms with van der Waals surface area (Å²) in [6.45, 7) is 6.42. The summed E-state index contributed by atoms with van der Waals surface area (Å²) in [4.78, 5) is 36.6. The molecule has 1 saturated heterocycles. The van der Waals surface area contributed by atoms with Crippen molar-refractivity contribution in [2.45, 2.75) is 45.3 Å². The number of amides is 2. The third kappa shape index (κ3) is 6.87. The van der Waals surface area contributed by atoms with Crippen LogP contribution in [0.3, 0.4) is 0 Å². The lowest BCUT2D eigenvalue weighted by atomic mass is 10.1. The van der Waals surface area contributed by atoms with Crippen molar-refractivity contribution in [1.29, 1.82) is 5.26 Å². The largest absolute Gasteiger partial charge is 0.494 e. The molecule has 0 aromatic heterocycles. The van der Waals surface area contributed by atoms with Crippen molar-refractivity contribution in [1.82, 2.24) is 10.2 Å². The highest BCUT2D eigenvalue weighted by Gasteiger charge is 2.26. The van der Waals surface area contributed by atoms with Gasteiger partial charge in [0, 0.05) is 31.4 Å². The SMILES string of the molecule is COc1cc([N+](=O)[O-])ccc1NC(=O)/C(C#N)=C\NC1CCN(C(=O)OC(C)(C)C)CC1. The van der Waals surface area contributed by atoms with E-state index in [2.05, 4.69) is 10.6 Å². The zero-order valence-corrected chi connectivity index (χ0v) is 18.5. The summed E-state index contributed by atoms with van der Waals surface area (Å²) in [5, 5.41) is 25.8. The molecule has 0 spiro atoms.